The Morgan fingerprint density at radius 3 is 1.53 bits per heavy atom. The lowest BCUT2D eigenvalue weighted by molar-refractivity contribution is -0.198. The number of carbonyl (C=O) groups is 2. The molecule has 2 aliphatic heterocycles. The Morgan fingerprint density at radius 1 is 0.600 bits per heavy atom. The minimum atomic E-state index is -0.760. The van der Waals surface area contributed by atoms with Crippen LogP contribution in [0.25, 0.3) is 11.2 Å². The number of hydrogen-bond donors (Lipinski definition) is 1. The molecule has 0 aromatic carbocycles. The number of imidazole rings is 1. The highest BCUT2D eigenvalue weighted by atomic mass is 16.8. The van der Waals surface area contributed by atoms with E-state index < -0.39 is 12.0 Å². The van der Waals surface area contributed by atoms with Gasteiger partial charge in [-0.2, -0.15) is 0 Å². The molecule has 0 bridgehead atoms. The molecule has 2 fully saturated rings. The van der Waals surface area contributed by atoms with Gasteiger partial charge < -0.3 is 34.3 Å². The monoisotopic (exact) mass is 983 g/mol. The van der Waals surface area contributed by atoms with Crippen LogP contribution < -0.4 is 5.73 Å². The molecule has 0 spiro atoms. The van der Waals surface area contributed by atoms with E-state index in [2.05, 4.69) is 47.5 Å². The third-order valence-electron chi connectivity index (χ3n) is 14.7. The first-order valence-electron chi connectivity index (χ1n) is 29.1. The number of rotatable bonds is 43. The van der Waals surface area contributed by atoms with Crippen LogP contribution in [0, 0.1) is 11.8 Å². The standard InChI is InChI=1S/C57H102N6O7/c1-7-11-15-19-21-29-37-46(35-27-17-13-9-3)55(64)66-41-33-25-23-31-39-62(40-32-24-26-34-42-67-56(65)47(36-28-18-14-10-4)38-30-22-20-16-12-8-2)43-48-50-51(70-57(5,6)69-50)54(68-48)63-45-61-49-52(58)59-44-60-53(49)63/h44-48,50-51,54H,7-43H2,1-6H3,(H2,58,59,60)/t46?,47?,48-,50-,51-,54-/m1/s1. The summed E-state index contributed by atoms with van der Waals surface area (Å²) in [6.45, 7) is 16.5. The largest absolute Gasteiger partial charge is 0.465 e. The first kappa shape index (κ1) is 59.7. The number of hydrogen-bond acceptors (Lipinski definition) is 12. The number of unbranched alkanes of at least 4 members (excludes halogenated alkanes) is 22. The molecule has 0 radical (unpaired) electrons. The number of esters is 2. The Bertz CT molecular complexity index is 1620. The zero-order valence-corrected chi connectivity index (χ0v) is 45.5. The highest BCUT2D eigenvalue weighted by Gasteiger charge is 2.56. The maximum atomic E-state index is 13.3. The van der Waals surface area contributed by atoms with Crippen molar-refractivity contribution in [1.29, 1.82) is 0 Å². The van der Waals surface area contributed by atoms with E-state index in [9.17, 15) is 9.59 Å². The summed E-state index contributed by atoms with van der Waals surface area (Å²) in [5, 5.41) is 0. The van der Waals surface area contributed by atoms with E-state index in [1.54, 1.807) is 6.33 Å². The van der Waals surface area contributed by atoms with E-state index in [1.807, 2.05) is 18.4 Å². The molecule has 4 rings (SSSR count). The van der Waals surface area contributed by atoms with Crippen LogP contribution in [0.4, 0.5) is 5.82 Å². The predicted molar refractivity (Wildman–Crippen MR) is 283 cm³/mol. The number of carbonyl (C=O) groups excluding carboxylic acids is 2. The molecular weight excluding hydrogens is 881 g/mol. The van der Waals surface area contributed by atoms with E-state index >= 15 is 0 Å². The maximum Gasteiger partial charge on any atom is 0.308 e. The van der Waals surface area contributed by atoms with Crippen LogP contribution in [-0.4, -0.2) is 93.3 Å². The fourth-order valence-electron chi connectivity index (χ4n) is 10.5. The van der Waals surface area contributed by atoms with Crippen molar-refractivity contribution in [2.24, 2.45) is 11.8 Å². The summed E-state index contributed by atoms with van der Waals surface area (Å²) in [7, 11) is 0. The van der Waals surface area contributed by atoms with E-state index in [0.29, 0.717) is 36.7 Å². The van der Waals surface area contributed by atoms with Crippen LogP contribution in [0.1, 0.15) is 253 Å². The summed E-state index contributed by atoms with van der Waals surface area (Å²) >= 11 is 0. The van der Waals surface area contributed by atoms with Gasteiger partial charge in [0.05, 0.1) is 31.4 Å². The molecule has 0 saturated carbocycles. The van der Waals surface area contributed by atoms with Gasteiger partial charge in [-0.15, -0.1) is 0 Å². The lowest BCUT2D eigenvalue weighted by atomic mass is 9.94. The maximum absolute atomic E-state index is 13.3. The van der Waals surface area contributed by atoms with Crippen molar-refractivity contribution in [3.05, 3.63) is 12.7 Å². The van der Waals surface area contributed by atoms with Crippen LogP contribution in [0.3, 0.4) is 0 Å². The molecule has 2 N–H and O–H groups in total. The average Bonchev–Trinajstić information content (AvgIpc) is 4.02. The molecule has 13 nitrogen and oxygen atoms in total. The lowest BCUT2D eigenvalue weighted by Crippen LogP contribution is -2.41. The Morgan fingerprint density at radius 2 is 1.03 bits per heavy atom. The summed E-state index contributed by atoms with van der Waals surface area (Å²) in [6, 6.07) is 0. The highest BCUT2D eigenvalue weighted by Crippen LogP contribution is 2.44. The van der Waals surface area contributed by atoms with E-state index in [0.717, 1.165) is 116 Å². The van der Waals surface area contributed by atoms with Crippen molar-refractivity contribution >= 4 is 28.9 Å². The summed E-state index contributed by atoms with van der Waals surface area (Å²) < 4.78 is 33.7. The predicted octanol–water partition coefficient (Wildman–Crippen LogP) is 14.0. The normalized spacial score (nSPS) is 19.5. The van der Waals surface area contributed by atoms with Gasteiger partial charge in [0.2, 0.25) is 0 Å². The molecule has 2 aromatic heterocycles. The summed E-state index contributed by atoms with van der Waals surface area (Å²) in [5.74, 6) is -0.302. The van der Waals surface area contributed by atoms with Gasteiger partial charge in [-0.05, 0) is 78.3 Å². The van der Waals surface area contributed by atoms with Gasteiger partial charge in [0.25, 0.3) is 0 Å². The zero-order chi connectivity index (χ0) is 50.2. The summed E-state index contributed by atoms with van der Waals surface area (Å²) in [6.07, 6.45) is 38.1. The molecule has 4 heterocycles. The van der Waals surface area contributed by atoms with Gasteiger partial charge in [0.1, 0.15) is 30.2 Å². The third-order valence-corrected chi connectivity index (χ3v) is 14.7. The van der Waals surface area contributed by atoms with Gasteiger partial charge in [-0.25, -0.2) is 15.0 Å². The van der Waals surface area contributed by atoms with Crippen molar-refractivity contribution in [2.75, 3.05) is 38.6 Å². The number of fused-ring (bicyclic) bond motifs is 2. The first-order chi connectivity index (χ1) is 34.1. The van der Waals surface area contributed by atoms with Gasteiger partial charge >= 0.3 is 11.9 Å². The zero-order valence-electron chi connectivity index (χ0n) is 45.5. The molecule has 402 valence electrons. The van der Waals surface area contributed by atoms with Gasteiger partial charge in [0, 0.05) is 6.54 Å². The minimum Gasteiger partial charge on any atom is -0.465 e. The first-order valence-corrected chi connectivity index (χ1v) is 29.1. The molecule has 70 heavy (non-hydrogen) atoms. The van der Waals surface area contributed by atoms with Crippen LogP contribution in [0.15, 0.2) is 12.7 Å². The Kier molecular flexibility index (Phi) is 30.1. The molecule has 13 heteroatoms. The average molecular weight is 983 g/mol. The fraction of sp³-hybridized carbons (Fsp3) is 0.877. The molecule has 2 aromatic rings. The van der Waals surface area contributed by atoms with Gasteiger partial charge in [-0.1, -0.05) is 182 Å². The Labute approximate surface area is 425 Å². The lowest BCUT2D eigenvalue weighted by Gasteiger charge is -2.29. The number of nitrogens with two attached hydrogens (primary N) is 1. The van der Waals surface area contributed by atoms with Crippen molar-refractivity contribution in [2.45, 2.75) is 277 Å². The molecule has 0 aliphatic carbocycles. The molecule has 2 saturated heterocycles. The molecular formula is C57H102N6O7. The van der Waals surface area contributed by atoms with E-state index in [-0.39, 0.29) is 42.1 Å². The van der Waals surface area contributed by atoms with E-state index in [1.165, 1.54) is 109 Å². The smallest absolute Gasteiger partial charge is 0.308 e. The molecule has 0 amide bonds. The molecule has 2 aliphatic rings. The van der Waals surface area contributed by atoms with Crippen molar-refractivity contribution in [3.8, 4) is 0 Å². The third kappa shape index (κ3) is 22.1. The van der Waals surface area contributed by atoms with Crippen LogP contribution in [0.2, 0.25) is 0 Å². The van der Waals surface area contributed by atoms with Crippen LogP contribution in [0.5, 0.6) is 0 Å². The van der Waals surface area contributed by atoms with Gasteiger partial charge in [-0.3, -0.25) is 14.2 Å². The second kappa shape index (κ2) is 35.3. The fourth-order valence-corrected chi connectivity index (χ4v) is 10.5. The number of aromatic nitrogens is 4. The second-order valence-electron chi connectivity index (χ2n) is 21.4. The number of ether oxygens (including phenoxy) is 5. The molecule has 2 unspecified atom stereocenters. The SMILES string of the molecule is CCCCCCCCC(CCCCCC)C(=O)OCCCCCCN(CCCCCCOC(=O)C(CCCCCC)CCCCCCCC)C[C@H]1O[C@@H](n2cnc3c(N)ncnc32)[C@@H]2OC(C)(C)O[C@@H]21. The number of anilines is 1. The Hall–Kier alpha value is -2.87. The summed E-state index contributed by atoms with van der Waals surface area (Å²) in [5.41, 5.74) is 7.32. The van der Waals surface area contributed by atoms with Crippen LogP contribution >= 0.6 is 0 Å². The van der Waals surface area contributed by atoms with Crippen molar-refractivity contribution in [3.63, 3.8) is 0 Å². The van der Waals surface area contributed by atoms with Gasteiger partial charge in [0.15, 0.2) is 23.5 Å². The van der Waals surface area contributed by atoms with Crippen molar-refractivity contribution < 1.29 is 33.3 Å². The second-order valence-corrected chi connectivity index (χ2v) is 21.4. The van der Waals surface area contributed by atoms with E-state index in [4.69, 9.17) is 29.4 Å². The number of nitrogen functional groups attached to an aromatic ring is 1. The topological polar surface area (TPSA) is 153 Å². The highest BCUT2D eigenvalue weighted by molar-refractivity contribution is 5.81. The minimum absolute atomic E-state index is 0.0222. The molecule has 6 atom stereocenters. The van der Waals surface area contributed by atoms with Crippen molar-refractivity contribution in [1.82, 2.24) is 24.4 Å². The van der Waals surface area contributed by atoms with Crippen LogP contribution in [-0.2, 0) is 33.3 Å². The summed E-state index contributed by atoms with van der Waals surface area (Å²) in [4.78, 5) is 42.3. The quantitative estimate of drug-likeness (QED) is 0.0497. The number of nitrogens with zero attached hydrogens (tertiary/aromatic N) is 5. The Balaban J connectivity index is 1.28.